The molecule has 0 saturated heterocycles. The molecule has 19 heavy (non-hydrogen) atoms. The van der Waals surface area contributed by atoms with Gasteiger partial charge in [0.1, 0.15) is 5.69 Å². The highest BCUT2D eigenvalue weighted by atomic mass is 16.4. The van der Waals surface area contributed by atoms with Crippen molar-refractivity contribution < 1.29 is 18.8 Å². The third kappa shape index (κ3) is 1.55. The third-order valence-electron chi connectivity index (χ3n) is 3.01. The zero-order valence-electron chi connectivity index (χ0n) is 10.3. The van der Waals surface area contributed by atoms with E-state index in [0.717, 1.165) is 5.56 Å². The Hall–Kier alpha value is -2.56. The Morgan fingerprint density at radius 1 is 1.16 bits per heavy atom. The minimum Gasteiger partial charge on any atom is -0.449 e. The first-order chi connectivity index (χ1) is 8.99. The highest BCUT2D eigenvalue weighted by Crippen LogP contribution is 2.29. The number of rotatable bonds is 1. The first-order valence-electron chi connectivity index (χ1n) is 5.70. The van der Waals surface area contributed by atoms with Crippen LogP contribution >= 0.6 is 0 Å². The standard InChI is InChI=1S/C14H9NO4/c1-6-3-8-11(15-5-6)12(17)9-4-10(7(2)16)19-14(9)13(8)18/h3-5H,1-2H3. The molecule has 3 rings (SSSR count). The van der Waals surface area contributed by atoms with E-state index >= 15 is 0 Å². The van der Waals surface area contributed by atoms with Crippen molar-refractivity contribution in [2.45, 2.75) is 13.8 Å². The lowest BCUT2D eigenvalue weighted by Gasteiger charge is -2.11. The molecule has 0 amide bonds. The molecule has 0 radical (unpaired) electrons. The number of hydrogen-bond donors (Lipinski definition) is 0. The number of nitrogens with zero attached hydrogens (tertiary/aromatic N) is 1. The van der Waals surface area contributed by atoms with Crippen LogP contribution in [-0.2, 0) is 0 Å². The average molecular weight is 255 g/mol. The second-order valence-electron chi connectivity index (χ2n) is 4.48. The van der Waals surface area contributed by atoms with Crippen LogP contribution in [0.15, 0.2) is 22.7 Å². The lowest BCUT2D eigenvalue weighted by molar-refractivity contribution is 0.0944. The molecule has 0 spiro atoms. The molecule has 2 aromatic heterocycles. The lowest BCUT2D eigenvalue weighted by Crippen LogP contribution is -2.20. The van der Waals surface area contributed by atoms with Crippen LogP contribution in [0.5, 0.6) is 0 Å². The van der Waals surface area contributed by atoms with Crippen LogP contribution in [0, 0.1) is 6.92 Å². The van der Waals surface area contributed by atoms with Gasteiger partial charge in [-0.2, -0.15) is 0 Å². The summed E-state index contributed by atoms with van der Waals surface area (Å²) in [4.78, 5) is 39.7. The van der Waals surface area contributed by atoms with Crippen LogP contribution < -0.4 is 0 Å². The monoisotopic (exact) mass is 255 g/mol. The topological polar surface area (TPSA) is 77.2 Å². The molecule has 0 atom stereocenters. The van der Waals surface area contributed by atoms with Gasteiger partial charge < -0.3 is 4.42 Å². The molecule has 1 aliphatic rings. The van der Waals surface area contributed by atoms with E-state index in [1.54, 1.807) is 13.0 Å². The van der Waals surface area contributed by atoms with Gasteiger partial charge in [-0.25, -0.2) is 0 Å². The molecule has 1 aliphatic carbocycles. The Labute approximate surface area is 108 Å². The maximum absolute atomic E-state index is 12.2. The van der Waals surface area contributed by atoms with Crippen molar-refractivity contribution in [1.29, 1.82) is 0 Å². The van der Waals surface area contributed by atoms with Crippen LogP contribution in [0.3, 0.4) is 0 Å². The van der Waals surface area contributed by atoms with Gasteiger partial charge in [0.25, 0.3) is 0 Å². The molecule has 0 N–H and O–H groups in total. The fourth-order valence-electron chi connectivity index (χ4n) is 2.07. The van der Waals surface area contributed by atoms with Crippen LogP contribution in [0.25, 0.3) is 0 Å². The van der Waals surface area contributed by atoms with E-state index in [9.17, 15) is 14.4 Å². The van der Waals surface area contributed by atoms with Gasteiger partial charge in [0.2, 0.25) is 11.6 Å². The number of carbonyl (C=O) groups is 3. The fourth-order valence-corrected chi connectivity index (χ4v) is 2.07. The molecule has 0 unspecified atom stereocenters. The van der Waals surface area contributed by atoms with Crippen molar-refractivity contribution in [3.8, 4) is 0 Å². The molecule has 0 saturated carbocycles. The molecule has 0 aromatic carbocycles. The van der Waals surface area contributed by atoms with Gasteiger partial charge in [-0.05, 0) is 24.6 Å². The Morgan fingerprint density at radius 2 is 1.89 bits per heavy atom. The summed E-state index contributed by atoms with van der Waals surface area (Å²) in [5.74, 6) is -1.19. The molecular weight excluding hydrogens is 246 g/mol. The number of aromatic nitrogens is 1. The van der Waals surface area contributed by atoms with Gasteiger partial charge in [0.15, 0.2) is 17.3 Å². The van der Waals surface area contributed by atoms with E-state index in [1.807, 2.05) is 0 Å². The van der Waals surface area contributed by atoms with E-state index < -0.39 is 5.78 Å². The number of aryl methyl sites for hydroxylation is 1. The number of hydrogen-bond acceptors (Lipinski definition) is 5. The summed E-state index contributed by atoms with van der Waals surface area (Å²) in [5.41, 5.74) is 1.22. The third-order valence-corrected chi connectivity index (χ3v) is 3.01. The Morgan fingerprint density at radius 3 is 2.58 bits per heavy atom. The molecule has 94 valence electrons. The summed E-state index contributed by atoms with van der Waals surface area (Å²) in [6, 6.07) is 2.91. The predicted octanol–water partition coefficient (Wildman–Crippen LogP) is 1.96. The predicted molar refractivity (Wildman–Crippen MR) is 64.6 cm³/mol. The molecule has 0 aliphatic heterocycles. The van der Waals surface area contributed by atoms with Crippen molar-refractivity contribution in [2.24, 2.45) is 0 Å². The quantitative estimate of drug-likeness (QED) is 0.621. The Balaban J connectivity index is 2.26. The van der Waals surface area contributed by atoms with E-state index in [0.29, 0.717) is 0 Å². The summed E-state index contributed by atoms with van der Waals surface area (Å²) in [6.07, 6.45) is 1.53. The molecule has 5 heteroatoms. The summed E-state index contributed by atoms with van der Waals surface area (Å²) >= 11 is 0. The number of pyridine rings is 1. The zero-order valence-corrected chi connectivity index (χ0v) is 10.3. The minimum atomic E-state index is -0.409. The molecule has 2 heterocycles. The molecule has 0 bridgehead atoms. The number of furan rings is 1. The van der Waals surface area contributed by atoms with Crippen molar-refractivity contribution >= 4 is 17.3 Å². The van der Waals surface area contributed by atoms with Crippen LogP contribution in [0.1, 0.15) is 55.2 Å². The molecule has 0 fully saturated rings. The zero-order chi connectivity index (χ0) is 13.7. The summed E-state index contributed by atoms with van der Waals surface area (Å²) < 4.78 is 5.20. The van der Waals surface area contributed by atoms with Crippen LogP contribution in [0.2, 0.25) is 0 Å². The highest BCUT2D eigenvalue weighted by Gasteiger charge is 2.35. The summed E-state index contributed by atoms with van der Waals surface area (Å²) in [5, 5.41) is 0. The van der Waals surface area contributed by atoms with E-state index in [2.05, 4.69) is 4.98 Å². The van der Waals surface area contributed by atoms with Crippen molar-refractivity contribution in [3.63, 3.8) is 0 Å². The lowest BCUT2D eigenvalue weighted by atomic mass is 9.91. The average Bonchev–Trinajstić information content (AvgIpc) is 2.81. The van der Waals surface area contributed by atoms with Gasteiger partial charge in [-0.15, -0.1) is 0 Å². The maximum atomic E-state index is 12.2. The molecular formula is C14H9NO4. The van der Waals surface area contributed by atoms with E-state index in [1.165, 1.54) is 19.2 Å². The largest absolute Gasteiger partial charge is 0.449 e. The van der Waals surface area contributed by atoms with Gasteiger partial charge in [0, 0.05) is 13.1 Å². The van der Waals surface area contributed by atoms with Crippen molar-refractivity contribution in [3.05, 3.63) is 52.2 Å². The number of Topliss-reactive ketones (excluding diaryl/α,β-unsaturated/α-hetero) is 1. The first kappa shape index (κ1) is 11.5. The molecule has 2 aromatic rings. The first-order valence-corrected chi connectivity index (χ1v) is 5.70. The second kappa shape index (κ2) is 3.71. The van der Waals surface area contributed by atoms with Crippen molar-refractivity contribution in [1.82, 2.24) is 4.98 Å². The highest BCUT2D eigenvalue weighted by molar-refractivity contribution is 6.27. The SMILES string of the molecule is CC(=O)c1cc2c(o1)C(=O)c1cc(C)cnc1C2=O. The normalized spacial score (nSPS) is 13.2. The van der Waals surface area contributed by atoms with Crippen LogP contribution in [-0.4, -0.2) is 22.3 Å². The van der Waals surface area contributed by atoms with E-state index in [-0.39, 0.29) is 39.9 Å². The Kier molecular flexibility index (Phi) is 2.25. The number of fused-ring (bicyclic) bond motifs is 2. The van der Waals surface area contributed by atoms with Gasteiger partial charge in [-0.1, -0.05) is 0 Å². The summed E-state index contributed by atoms with van der Waals surface area (Å²) in [6.45, 7) is 3.10. The minimum absolute atomic E-state index is 0.0104. The smallest absolute Gasteiger partial charge is 0.231 e. The maximum Gasteiger partial charge on any atom is 0.231 e. The van der Waals surface area contributed by atoms with E-state index in [4.69, 9.17) is 4.42 Å². The van der Waals surface area contributed by atoms with Gasteiger partial charge in [0.05, 0.1) is 11.1 Å². The Bertz CT molecular complexity index is 755. The van der Waals surface area contributed by atoms with Crippen LogP contribution in [0.4, 0.5) is 0 Å². The number of ketones is 3. The van der Waals surface area contributed by atoms with Gasteiger partial charge in [-0.3, -0.25) is 19.4 Å². The second-order valence-corrected chi connectivity index (χ2v) is 4.48. The molecule has 5 nitrogen and oxygen atoms in total. The fraction of sp³-hybridized carbons (Fsp3) is 0.143. The number of carbonyl (C=O) groups excluding carboxylic acids is 3. The summed E-state index contributed by atoms with van der Waals surface area (Å²) in [7, 11) is 0. The van der Waals surface area contributed by atoms with Crippen molar-refractivity contribution in [2.75, 3.05) is 0 Å². The van der Waals surface area contributed by atoms with Gasteiger partial charge >= 0.3 is 0 Å².